The van der Waals surface area contributed by atoms with Crippen LogP contribution in [0, 0.1) is 11.8 Å². The molecule has 0 aromatic heterocycles. The molecule has 13 heavy (non-hydrogen) atoms. The van der Waals surface area contributed by atoms with Crippen molar-refractivity contribution in [3.8, 4) is 0 Å². The molecule has 1 rings (SSSR count). The van der Waals surface area contributed by atoms with Crippen molar-refractivity contribution < 1.29 is 14.7 Å². The second-order valence-electron chi connectivity index (χ2n) is 3.31. The van der Waals surface area contributed by atoms with Crippen molar-refractivity contribution in [1.82, 2.24) is 0 Å². The summed E-state index contributed by atoms with van der Waals surface area (Å²) in [4.78, 5) is 22.2. The van der Waals surface area contributed by atoms with E-state index < -0.39 is 11.9 Å². The highest BCUT2D eigenvalue weighted by Gasteiger charge is 2.32. The van der Waals surface area contributed by atoms with Gasteiger partial charge in [0.1, 0.15) is 5.78 Å². The molecule has 0 heterocycles. The molecule has 0 unspecified atom stereocenters. The number of Topliss-reactive ketones (excluding diaryl/α,β-unsaturated/α-hetero) is 1. The van der Waals surface area contributed by atoms with Crippen LogP contribution in [0.4, 0.5) is 0 Å². The monoisotopic (exact) mass is 182 g/mol. The first kappa shape index (κ1) is 9.96. The fourth-order valence-corrected chi connectivity index (χ4v) is 1.71. The Labute approximate surface area is 77.4 Å². The minimum Gasteiger partial charge on any atom is -0.481 e. The predicted octanol–water partition coefficient (Wildman–Crippen LogP) is 1.63. The Kier molecular flexibility index (Phi) is 3.23. The molecule has 1 N–H and O–H groups in total. The Morgan fingerprint density at radius 1 is 1.31 bits per heavy atom. The lowest BCUT2D eigenvalue weighted by molar-refractivity contribution is -0.146. The highest BCUT2D eigenvalue weighted by atomic mass is 16.4. The molecule has 72 valence electrons. The Morgan fingerprint density at radius 3 is 2.31 bits per heavy atom. The number of aliphatic carboxylic acids is 1. The number of allylic oxidation sites excluding steroid dienone is 2. The van der Waals surface area contributed by atoms with Crippen molar-refractivity contribution in [3.63, 3.8) is 0 Å². The molecule has 0 aromatic carbocycles. The molecule has 3 heteroatoms. The molecular weight excluding hydrogens is 168 g/mol. The van der Waals surface area contributed by atoms with E-state index in [1.165, 1.54) is 0 Å². The Morgan fingerprint density at radius 2 is 1.85 bits per heavy atom. The number of carboxylic acids is 1. The Balaban J connectivity index is 2.75. The molecule has 0 aromatic rings. The van der Waals surface area contributed by atoms with Gasteiger partial charge in [-0.15, -0.1) is 0 Å². The third-order valence-electron chi connectivity index (χ3n) is 2.51. The Bertz CT molecular complexity index is 243. The van der Waals surface area contributed by atoms with Crippen LogP contribution in [0.15, 0.2) is 12.2 Å². The van der Waals surface area contributed by atoms with E-state index in [9.17, 15) is 9.59 Å². The zero-order valence-corrected chi connectivity index (χ0v) is 7.69. The first-order valence-corrected chi connectivity index (χ1v) is 4.57. The summed E-state index contributed by atoms with van der Waals surface area (Å²) in [5, 5.41) is 8.87. The summed E-state index contributed by atoms with van der Waals surface area (Å²) in [6, 6.07) is 0. The lowest BCUT2D eigenvalue weighted by atomic mass is 9.80. The van der Waals surface area contributed by atoms with Gasteiger partial charge in [0.25, 0.3) is 0 Å². The van der Waals surface area contributed by atoms with Gasteiger partial charge in [-0.25, -0.2) is 0 Å². The third kappa shape index (κ3) is 2.17. The number of hydrogen-bond donors (Lipinski definition) is 1. The van der Waals surface area contributed by atoms with Gasteiger partial charge < -0.3 is 5.11 Å². The molecule has 0 fully saturated rings. The van der Waals surface area contributed by atoms with Gasteiger partial charge >= 0.3 is 5.97 Å². The van der Waals surface area contributed by atoms with Crippen LogP contribution in [0.3, 0.4) is 0 Å². The maximum atomic E-state index is 11.4. The summed E-state index contributed by atoms with van der Waals surface area (Å²) in [7, 11) is 0. The summed E-state index contributed by atoms with van der Waals surface area (Å²) < 4.78 is 0. The molecule has 3 nitrogen and oxygen atoms in total. The average molecular weight is 182 g/mol. The normalized spacial score (nSPS) is 27.2. The van der Waals surface area contributed by atoms with Crippen LogP contribution in [0.25, 0.3) is 0 Å². The molecular formula is C10H14O3. The number of carbonyl (C=O) groups is 2. The number of ketones is 1. The topological polar surface area (TPSA) is 54.4 Å². The van der Waals surface area contributed by atoms with Crippen molar-refractivity contribution in [1.29, 1.82) is 0 Å². The van der Waals surface area contributed by atoms with E-state index in [4.69, 9.17) is 5.11 Å². The van der Waals surface area contributed by atoms with E-state index in [0.29, 0.717) is 19.3 Å². The van der Waals surface area contributed by atoms with Crippen molar-refractivity contribution in [2.24, 2.45) is 11.8 Å². The van der Waals surface area contributed by atoms with Crippen molar-refractivity contribution in [3.05, 3.63) is 12.2 Å². The first-order valence-electron chi connectivity index (χ1n) is 4.57. The van der Waals surface area contributed by atoms with Gasteiger partial charge in [0.15, 0.2) is 0 Å². The lowest BCUT2D eigenvalue weighted by Gasteiger charge is -2.23. The standard InChI is InChI=1S/C10H14O3/c1-2-9(11)7-5-3-4-6-8(7)10(12)13/h3-4,7-8H,2,5-6H2,1H3,(H,12,13)/t7-,8+/m0/s1. The van der Waals surface area contributed by atoms with Gasteiger partial charge in [-0.1, -0.05) is 19.1 Å². The molecule has 1 aliphatic carbocycles. The van der Waals surface area contributed by atoms with Crippen LogP contribution in [0.1, 0.15) is 26.2 Å². The van der Waals surface area contributed by atoms with E-state index in [2.05, 4.69) is 0 Å². The van der Waals surface area contributed by atoms with Crippen LogP contribution in [0.2, 0.25) is 0 Å². The Hall–Kier alpha value is -1.12. The van der Waals surface area contributed by atoms with E-state index in [1.54, 1.807) is 6.92 Å². The third-order valence-corrected chi connectivity index (χ3v) is 2.51. The van der Waals surface area contributed by atoms with Crippen LogP contribution in [-0.4, -0.2) is 16.9 Å². The maximum Gasteiger partial charge on any atom is 0.307 e. The highest BCUT2D eigenvalue weighted by molar-refractivity contribution is 5.86. The average Bonchev–Trinajstić information content (AvgIpc) is 2.16. The number of hydrogen-bond acceptors (Lipinski definition) is 2. The van der Waals surface area contributed by atoms with Gasteiger partial charge in [0, 0.05) is 12.3 Å². The fourth-order valence-electron chi connectivity index (χ4n) is 1.71. The molecule has 0 amide bonds. The molecule has 0 saturated carbocycles. The minimum absolute atomic E-state index is 0.0664. The number of carbonyl (C=O) groups excluding carboxylic acids is 1. The molecule has 1 aliphatic rings. The zero-order valence-electron chi connectivity index (χ0n) is 7.69. The van der Waals surface area contributed by atoms with Crippen LogP contribution in [0.5, 0.6) is 0 Å². The molecule has 0 aliphatic heterocycles. The quantitative estimate of drug-likeness (QED) is 0.675. The second kappa shape index (κ2) is 4.21. The van der Waals surface area contributed by atoms with Gasteiger partial charge in [-0.2, -0.15) is 0 Å². The summed E-state index contributed by atoms with van der Waals surface area (Å²) in [6.45, 7) is 1.78. The minimum atomic E-state index is -0.851. The summed E-state index contributed by atoms with van der Waals surface area (Å²) >= 11 is 0. The van der Waals surface area contributed by atoms with Crippen LogP contribution < -0.4 is 0 Å². The lowest BCUT2D eigenvalue weighted by Crippen LogP contribution is -2.30. The van der Waals surface area contributed by atoms with Crippen LogP contribution >= 0.6 is 0 Å². The largest absolute Gasteiger partial charge is 0.481 e. The van der Waals surface area contributed by atoms with Crippen molar-refractivity contribution in [2.45, 2.75) is 26.2 Å². The first-order chi connectivity index (χ1) is 6.16. The van der Waals surface area contributed by atoms with E-state index in [0.717, 1.165) is 0 Å². The van der Waals surface area contributed by atoms with Crippen LogP contribution in [-0.2, 0) is 9.59 Å². The number of rotatable bonds is 3. The smallest absolute Gasteiger partial charge is 0.307 e. The summed E-state index contributed by atoms with van der Waals surface area (Å²) in [5.74, 6) is -1.59. The predicted molar refractivity (Wildman–Crippen MR) is 48.3 cm³/mol. The zero-order chi connectivity index (χ0) is 9.84. The van der Waals surface area contributed by atoms with Gasteiger partial charge in [0.2, 0.25) is 0 Å². The van der Waals surface area contributed by atoms with Gasteiger partial charge in [-0.05, 0) is 12.8 Å². The van der Waals surface area contributed by atoms with E-state index in [1.807, 2.05) is 12.2 Å². The van der Waals surface area contributed by atoms with Crippen molar-refractivity contribution in [2.75, 3.05) is 0 Å². The number of carboxylic acid groups (broad SMARTS) is 1. The summed E-state index contributed by atoms with van der Waals surface area (Å²) in [5.41, 5.74) is 0. The molecule has 2 atom stereocenters. The van der Waals surface area contributed by atoms with E-state index >= 15 is 0 Å². The molecule has 0 spiro atoms. The van der Waals surface area contributed by atoms with Gasteiger partial charge in [0.05, 0.1) is 5.92 Å². The van der Waals surface area contributed by atoms with Crippen molar-refractivity contribution >= 4 is 11.8 Å². The highest BCUT2D eigenvalue weighted by Crippen LogP contribution is 2.27. The second-order valence-corrected chi connectivity index (χ2v) is 3.31. The SMILES string of the molecule is CCC(=O)[C@H]1CC=CC[C@H]1C(=O)O. The van der Waals surface area contributed by atoms with E-state index in [-0.39, 0.29) is 11.7 Å². The maximum absolute atomic E-state index is 11.4. The molecule has 0 bridgehead atoms. The molecule has 0 saturated heterocycles. The summed E-state index contributed by atoms with van der Waals surface area (Å²) in [6.07, 6.45) is 5.26. The fraction of sp³-hybridized carbons (Fsp3) is 0.600. The van der Waals surface area contributed by atoms with Gasteiger partial charge in [-0.3, -0.25) is 9.59 Å². The molecule has 0 radical (unpaired) electrons.